The third-order valence-electron chi connectivity index (χ3n) is 13.9. The summed E-state index contributed by atoms with van der Waals surface area (Å²) in [6, 6.07) is -0.104. The van der Waals surface area contributed by atoms with Crippen LogP contribution < -0.4 is 0 Å². The average Bonchev–Trinajstić information content (AvgIpc) is 3.20. The highest BCUT2D eigenvalue weighted by Crippen LogP contribution is 2.42. The number of aliphatic hydroxyl groups excluding tert-OH is 1. The van der Waals surface area contributed by atoms with Crippen molar-refractivity contribution in [1.82, 2.24) is 9.80 Å². The highest BCUT2D eigenvalue weighted by Gasteiger charge is 2.54. The van der Waals surface area contributed by atoms with E-state index in [-0.39, 0.29) is 36.8 Å². The van der Waals surface area contributed by atoms with Crippen LogP contribution in [-0.4, -0.2) is 166 Å². The average molecular weight is 843 g/mol. The normalized spacial score (nSPS) is 45.1. The minimum Gasteiger partial charge on any atom is -0.462 e. The van der Waals surface area contributed by atoms with Crippen molar-refractivity contribution in [2.24, 2.45) is 29.6 Å². The number of methoxy groups -OCH3 is 2. The summed E-state index contributed by atoms with van der Waals surface area (Å²) in [6.07, 6.45) is -4.89. The molecule has 4 saturated heterocycles. The van der Waals surface area contributed by atoms with Crippen molar-refractivity contribution in [1.29, 1.82) is 0 Å². The molecule has 0 radical (unpaired) electrons. The molecule has 0 saturated carbocycles. The van der Waals surface area contributed by atoms with Crippen molar-refractivity contribution in [2.75, 3.05) is 54.6 Å². The lowest BCUT2D eigenvalue weighted by Gasteiger charge is -2.52. The minimum atomic E-state index is -1.14. The largest absolute Gasteiger partial charge is 0.462 e. The Bertz CT molecular complexity index is 1380. The second-order valence-corrected chi connectivity index (χ2v) is 18.6. The van der Waals surface area contributed by atoms with E-state index >= 15 is 0 Å². The van der Waals surface area contributed by atoms with Gasteiger partial charge in [-0.25, -0.2) is 0 Å². The number of morpholine rings is 1. The Morgan fingerprint density at radius 1 is 0.881 bits per heavy atom. The summed E-state index contributed by atoms with van der Waals surface area (Å²) in [6.45, 7) is 22.9. The molecule has 0 amide bonds. The van der Waals surface area contributed by atoms with Crippen LogP contribution in [0.4, 0.5) is 0 Å². The summed E-state index contributed by atoms with van der Waals surface area (Å²) in [5, 5.41) is 11.6. The number of cyclic esters (lactones) is 1. The number of ketones is 1. The third kappa shape index (κ3) is 11.4. The lowest BCUT2D eigenvalue weighted by atomic mass is 9.74. The maximum absolute atomic E-state index is 14.5. The molecule has 59 heavy (non-hydrogen) atoms. The highest BCUT2D eigenvalue weighted by atomic mass is 16.7. The van der Waals surface area contributed by atoms with Crippen molar-refractivity contribution in [3.8, 4) is 0 Å². The number of aliphatic hydroxyl groups is 1. The van der Waals surface area contributed by atoms with Crippen LogP contribution in [0.1, 0.15) is 102 Å². The second kappa shape index (κ2) is 21.1. The smallest absolute Gasteiger partial charge is 0.311 e. The Hall–Kier alpha value is -1.79. The summed E-state index contributed by atoms with van der Waals surface area (Å²) in [5.41, 5.74) is -2.12. The van der Waals surface area contributed by atoms with Crippen LogP contribution >= 0.6 is 0 Å². The molecular weight excluding hydrogens is 764 g/mol. The lowest BCUT2D eigenvalue weighted by molar-refractivity contribution is -0.315. The minimum absolute atomic E-state index is 0.0935. The van der Waals surface area contributed by atoms with Gasteiger partial charge in [0.15, 0.2) is 18.7 Å². The first kappa shape index (κ1) is 49.9. The number of hydrogen-bond donors (Lipinski definition) is 1. The number of rotatable bonds is 10. The van der Waals surface area contributed by atoms with Gasteiger partial charge < -0.3 is 52.6 Å². The number of carbonyl (C=O) groups excluding carboxylic acids is 3. The molecular formula is C44H78N2O13. The summed E-state index contributed by atoms with van der Waals surface area (Å²) in [4.78, 5) is 45.4. The maximum Gasteiger partial charge on any atom is 0.311 e. The van der Waals surface area contributed by atoms with Gasteiger partial charge in [-0.05, 0) is 68.0 Å². The van der Waals surface area contributed by atoms with Gasteiger partial charge in [0.2, 0.25) is 0 Å². The van der Waals surface area contributed by atoms with Crippen molar-refractivity contribution < 1.29 is 62.1 Å². The van der Waals surface area contributed by atoms with Gasteiger partial charge >= 0.3 is 11.9 Å². The number of nitrogens with zero attached hydrogens (tertiary/aromatic N) is 2. The summed E-state index contributed by atoms with van der Waals surface area (Å²) < 4.78 is 57.6. The summed E-state index contributed by atoms with van der Waals surface area (Å²) in [5.74, 6) is -4.36. The fourth-order valence-electron chi connectivity index (χ4n) is 10.3. The van der Waals surface area contributed by atoms with Crippen molar-refractivity contribution in [3.63, 3.8) is 0 Å². The molecule has 0 spiro atoms. The summed E-state index contributed by atoms with van der Waals surface area (Å²) >= 11 is 0. The predicted octanol–water partition coefficient (Wildman–Crippen LogP) is 4.24. The first-order valence-corrected chi connectivity index (χ1v) is 21.9. The van der Waals surface area contributed by atoms with E-state index in [0.717, 1.165) is 19.5 Å². The number of Topliss-reactive ketones (excluding diaryl/α,β-unsaturated/α-hetero) is 1. The molecule has 0 aromatic carbocycles. The Morgan fingerprint density at radius 3 is 2.05 bits per heavy atom. The third-order valence-corrected chi connectivity index (χ3v) is 13.9. The molecule has 0 aromatic rings. The van der Waals surface area contributed by atoms with E-state index in [1.165, 1.54) is 6.92 Å². The molecule has 4 heterocycles. The van der Waals surface area contributed by atoms with Crippen LogP contribution in [-0.2, 0) is 57.0 Å². The van der Waals surface area contributed by atoms with E-state index in [1.54, 1.807) is 35.0 Å². The van der Waals surface area contributed by atoms with Gasteiger partial charge in [0, 0.05) is 70.4 Å². The van der Waals surface area contributed by atoms with E-state index in [1.807, 2.05) is 55.6 Å². The molecule has 1 N–H and O–H groups in total. The molecule has 4 aliphatic heterocycles. The highest BCUT2D eigenvalue weighted by molar-refractivity contribution is 5.83. The van der Waals surface area contributed by atoms with Gasteiger partial charge in [-0.3, -0.25) is 19.3 Å². The Morgan fingerprint density at radius 2 is 1.49 bits per heavy atom. The van der Waals surface area contributed by atoms with Crippen LogP contribution in [0, 0.1) is 29.6 Å². The monoisotopic (exact) mass is 843 g/mol. The molecule has 0 aromatic heterocycles. The number of hydrogen-bond acceptors (Lipinski definition) is 15. The Labute approximate surface area is 353 Å². The van der Waals surface area contributed by atoms with E-state index in [0.29, 0.717) is 19.6 Å². The van der Waals surface area contributed by atoms with Gasteiger partial charge in [0.25, 0.3) is 0 Å². The predicted molar refractivity (Wildman–Crippen MR) is 219 cm³/mol. The van der Waals surface area contributed by atoms with Gasteiger partial charge in [-0.1, -0.05) is 34.6 Å². The molecule has 4 rings (SSSR count). The SMILES string of the molecule is CC[C@H]1OC(=O)[C@H](C)[C@@H](O[C@H]2C[C@@](C)(OC)[C@@H](OC(C)=O)[C@H](C)O2)[C@H](C)[C@@H](O[C@@H]2O[C@H](C)C[C@@H](N3CCOCC3)[C@@H]2N(C)C)[C@@](C)(OC)C[C@@H](C)C(=O)[C@H](C)[C@@H](O)[C@H]1C. The van der Waals surface area contributed by atoms with Gasteiger partial charge in [0.05, 0.1) is 61.3 Å². The van der Waals surface area contributed by atoms with Crippen molar-refractivity contribution >= 4 is 17.7 Å². The van der Waals surface area contributed by atoms with E-state index < -0.39 is 102 Å². The molecule has 342 valence electrons. The van der Waals surface area contributed by atoms with Gasteiger partial charge in [-0.2, -0.15) is 0 Å². The standard InChI is InChI=1S/C44H78N2O13/c1-16-33-26(4)37(49)27(5)36(48)24(2)22-43(10,51-14)39(59-42-35(45(12)13)32(21-25(3)54-42)46-17-19-53-20-18-46)28(6)38(29(7)41(50)57-33)58-34-23-44(11,52-15)40(30(8)55-34)56-31(9)47/h24-30,32-35,37-40,42,49H,16-23H2,1-15H3/t24-,25-,26+,27+,28+,29-,30+,32-,33-,34+,35+,37+,38+,39-,40+,42+,43+,44-/m1/s1. The van der Waals surface area contributed by atoms with Crippen molar-refractivity contribution in [2.45, 2.75) is 180 Å². The quantitative estimate of drug-likeness (QED) is 0.311. The molecule has 0 unspecified atom stereocenters. The molecule has 0 aliphatic carbocycles. The second-order valence-electron chi connectivity index (χ2n) is 18.6. The fourth-order valence-corrected chi connectivity index (χ4v) is 10.3. The maximum atomic E-state index is 14.5. The van der Waals surface area contributed by atoms with Crippen LogP contribution in [0.2, 0.25) is 0 Å². The molecule has 0 bridgehead atoms. The Kier molecular flexibility index (Phi) is 17.8. The zero-order chi connectivity index (χ0) is 44.1. The molecule has 15 nitrogen and oxygen atoms in total. The van der Waals surface area contributed by atoms with Crippen LogP contribution in [0.25, 0.3) is 0 Å². The van der Waals surface area contributed by atoms with Crippen LogP contribution in [0.15, 0.2) is 0 Å². The number of likely N-dealkylation sites (N-methyl/N-ethyl adjacent to an activating group) is 1. The molecule has 15 heteroatoms. The molecule has 4 fully saturated rings. The van der Waals surface area contributed by atoms with Crippen LogP contribution in [0.3, 0.4) is 0 Å². The first-order valence-electron chi connectivity index (χ1n) is 21.9. The fraction of sp³-hybridized carbons (Fsp3) is 0.932. The lowest BCUT2D eigenvalue weighted by Crippen LogP contribution is -2.65. The van der Waals surface area contributed by atoms with Gasteiger partial charge in [-0.15, -0.1) is 0 Å². The van der Waals surface area contributed by atoms with E-state index in [2.05, 4.69) is 16.7 Å². The first-order chi connectivity index (χ1) is 27.6. The topological polar surface area (TPSA) is 161 Å². The molecule has 4 aliphatic rings. The summed E-state index contributed by atoms with van der Waals surface area (Å²) in [7, 11) is 7.23. The zero-order valence-electron chi connectivity index (χ0n) is 38.6. The van der Waals surface area contributed by atoms with Crippen molar-refractivity contribution in [3.05, 3.63) is 0 Å². The molecule has 18 atom stereocenters. The van der Waals surface area contributed by atoms with Crippen LogP contribution in [0.5, 0.6) is 0 Å². The number of esters is 2. The zero-order valence-corrected chi connectivity index (χ0v) is 38.6. The van der Waals surface area contributed by atoms with E-state index in [9.17, 15) is 19.5 Å². The number of ether oxygens (including phenoxy) is 9. The number of carbonyl (C=O) groups is 3. The van der Waals surface area contributed by atoms with Gasteiger partial charge in [0.1, 0.15) is 17.5 Å². The Balaban J connectivity index is 1.86. The van der Waals surface area contributed by atoms with E-state index in [4.69, 9.17) is 42.6 Å².